The molecule has 100 valence electrons. The molecule has 4 atom stereocenters. The van der Waals surface area contributed by atoms with Crippen molar-refractivity contribution in [3.63, 3.8) is 0 Å². The van der Waals surface area contributed by atoms with Gasteiger partial charge in [0.25, 0.3) is 0 Å². The van der Waals surface area contributed by atoms with Gasteiger partial charge >= 0.3 is 0 Å². The summed E-state index contributed by atoms with van der Waals surface area (Å²) in [6.07, 6.45) is 5.76. The van der Waals surface area contributed by atoms with E-state index in [0.717, 1.165) is 23.6 Å². The highest BCUT2D eigenvalue weighted by atomic mass is 32.1. The first-order valence-corrected chi connectivity index (χ1v) is 7.98. The smallest absolute Gasteiger partial charge is 0.0952 e. The van der Waals surface area contributed by atoms with E-state index in [4.69, 9.17) is 5.73 Å². The number of aryl methyl sites for hydroxylation is 1. The maximum Gasteiger partial charge on any atom is 0.0952 e. The van der Waals surface area contributed by atoms with Gasteiger partial charge in [-0.25, -0.2) is 0 Å². The van der Waals surface area contributed by atoms with Gasteiger partial charge in [-0.3, -0.25) is 0 Å². The van der Waals surface area contributed by atoms with Crippen LogP contribution >= 0.6 is 11.3 Å². The summed E-state index contributed by atoms with van der Waals surface area (Å²) in [5.74, 6) is 1.47. The maximum atomic E-state index is 10.8. The second-order valence-corrected chi connectivity index (χ2v) is 7.28. The van der Waals surface area contributed by atoms with Crippen LogP contribution in [0, 0.1) is 17.3 Å². The lowest BCUT2D eigenvalue weighted by atomic mass is 9.69. The molecule has 2 fully saturated rings. The van der Waals surface area contributed by atoms with Gasteiger partial charge in [0, 0.05) is 21.7 Å². The van der Waals surface area contributed by atoms with Gasteiger partial charge < -0.3 is 10.8 Å². The number of fused-ring (bicyclic) bond motifs is 2. The summed E-state index contributed by atoms with van der Waals surface area (Å²) in [5.41, 5.74) is 6.05. The molecule has 1 aromatic rings. The molecule has 0 saturated heterocycles. The number of hydrogen-bond donors (Lipinski definition) is 2. The third-order valence-electron chi connectivity index (χ3n) is 5.25. The second-order valence-electron chi connectivity index (χ2n) is 6.08. The largest absolute Gasteiger partial charge is 0.387 e. The molecule has 2 aliphatic rings. The van der Waals surface area contributed by atoms with Crippen molar-refractivity contribution in [3.05, 3.63) is 21.9 Å². The van der Waals surface area contributed by atoms with Crippen LogP contribution in [0.15, 0.2) is 12.1 Å². The van der Waals surface area contributed by atoms with Crippen molar-refractivity contribution >= 4 is 11.3 Å². The van der Waals surface area contributed by atoms with Crippen molar-refractivity contribution in [2.45, 2.75) is 45.1 Å². The van der Waals surface area contributed by atoms with Gasteiger partial charge in [0.15, 0.2) is 0 Å². The lowest BCUT2D eigenvalue weighted by molar-refractivity contribution is -0.0107. The van der Waals surface area contributed by atoms with Crippen molar-refractivity contribution in [3.8, 4) is 0 Å². The Balaban J connectivity index is 1.87. The topological polar surface area (TPSA) is 46.2 Å². The molecule has 2 aliphatic carbocycles. The molecule has 3 rings (SSSR count). The Hall–Kier alpha value is -0.380. The third kappa shape index (κ3) is 1.75. The Labute approximate surface area is 113 Å². The maximum absolute atomic E-state index is 10.8. The van der Waals surface area contributed by atoms with Crippen LogP contribution in [0.4, 0.5) is 0 Å². The Morgan fingerprint density at radius 2 is 2.33 bits per heavy atom. The van der Waals surface area contributed by atoms with Crippen LogP contribution in [0.1, 0.15) is 48.5 Å². The van der Waals surface area contributed by atoms with Crippen LogP contribution in [0.2, 0.25) is 0 Å². The Bertz CT molecular complexity index is 430. The molecule has 3 heteroatoms. The summed E-state index contributed by atoms with van der Waals surface area (Å²) in [5, 5.41) is 10.8. The monoisotopic (exact) mass is 265 g/mol. The van der Waals surface area contributed by atoms with E-state index in [0.29, 0.717) is 12.5 Å². The van der Waals surface area contributed by atoms with Crippen LogP contribution in [-0.4, -0.2) is 11.7 Å². The summed E-state index contributed by atoms with van der Waals surface area (Å²) >= 11 is 1.76. The molecule has 0 aliphatic heterocycles. The fourth-order valence-corrected chi connectivity index (χ4v) is 5.26. The van der Waals surface area contributed by atoms with E-state index in [9.17, 15) is 5.11 Å². The number of nitrogens with two attached hydrogens (primary N) is 1. The summed E-state index contributed by atoms with van der Waals surface area (Å²) in [6, 6.07) is 4.26. The summed E-state index contributed by atoms with van der Waals surface area (Å²) in [7, 11) is 0. The Morgan fingerprint density at radius 3 is 2.83 bits per heavy atom. The van der Waals surface area contributed by atoms with E-state index in [2.05, 4.69) is 19.1 Å². The van der Waals surface area contributed by atoms with Crippen molar-refractivity contribution in [2.75, 3.05) is 6.54 Å². The zero-order chi connectivity index (χ0) is 12.8. The van der Waals surface area contributed by atoms with Crippen LogP contribution in [0.5, 0.6) is 0 Å². The van der Waals surface area contributed by atoms with Crippen LogP contribution in [0.25, 0.3) is 0 Å². The lowest BCUT2D eigenvalue weighted by Gasteiger charge is -2.40. The van der Waals surface area contributed by atoms with Gasteiger partial charge in [-0.15, -0.1) is 11.3 Å². The molecule has 1 heterocycles. The molecule has 2 bridgehead atoms. The zero-order valence-corrected chi connectivity index (χ0v) is 11.9. The number of hydrogen-bond acceptors (Lipinski definition) is 3. The standard InChI is InChI=1S/C15H23NOS/c1-2-12-5-6-13(18-12)14(17)15(9-16)8-10-3-4-11(15)7-10/h5-6,10-11,14,17H,2-4,7-9,16H2,1H3. The summed E-state index contributed by atoms with van der Waals surface area (Å²) < 4.78 is 0. The van der Waals surface area contributed by atoms with Crippen molar-refractivity contribution < 1.29 is 5.11 Å². The second kappa shape index (κ2) is 4.62. The highest BCUT2D eigenvalue weighted by molar-refractivity contribution is 7.12. The predicted molar refractivity (Wildman–Crippen MR) is 75.6 cm³/mol. The normalized spacial score (nSPS) is 36.2. The average Bonchev–Trinajstić information content (AvgIpc) is 3.12. The van der Waals surface area contributed by atoms with Gasteiger partial charge in [0.05, 0.1) is 6.10 Å². The van der Waals surface area contributed by atoms with E-state index in [1.165, 1.54) is 24.1 Å². The third-order valence-corrected chi connectivity index (χ3v) is 6.53. The molecule has 2 nitrogen and oxygen atoms in total. The molecule has 0 spiro atoms. The molecule has 0 aromatic carbocycles. The number of aliphatic hydroxyl groups is 1. The van der Waals surface area contributed by atoms with E-state index in [-0.39, 0.29) is 11.5 Å². The molecule has 1 aromatic heterocycles. The van der Waals surface area contributed by atoms with Crippen LogP contribution < -0.4 is 5.73 Å². The van der Waals surface area contributed by atoms with Gasteiger partial charge in [-0.1, -0.05) is 13.3 Å². The molecule has 2 saturated carbocycles. The molecule has 4 unspecified atom stereocenters. The number of aliphatic hydroxyl groups excluding tert-OH is 1. The zero-order valence-electron chi connectivity index (χ0n) is 11.1. The van der Waals surface area contributed by atoms with Crippen molar-refractivity contribution in [1.29, 1.82) is 0 Å². The fraction of sp³-hybridized carbons (Fsp3) is 0.733. The number of thiophene rings is 1. The minimum atomic E-state index is -0.344. The summed E-state index contributed by atoms with van der Waals surface area (Å²) in [4.78, 5) is 2.49. The molecule has 0 radical (unpaired) electrons. The minimum Gasteiger partial charge on any atom is -0.387 e. The van der Waals surface area contributed by atoms with E-state index in [1.54, 1.807) is 11.3 Å². The molecular formula is C15H23NOS. The predicted octanol–water partition coefficient (Wildman–Crippen LogP) is 3.11. The molecule has 0 amide bonds. The van der Waals surface area contributed by atoms with E-state index < -0.39 is 0 Å². The van der Waals surface area contributed by atoms with Gasteiger partial charge in [-0.2, -0.15) is 0 Å². The van der Waals surface area contributed by atoms with E-state index in [1.807, 2.05) is 0 Å². The van der Waals surface area contributed by atoms with Gasteiger partial charge in [0.2, 0.25) is 0 Å². The van der Waals surface area contributed by atoms with E-state index >= 15 is 0 Å². The first-order valence-electron chi connectivity index (χ1n) is 7.16. The highest BCUT2D eigenvalue weighted by Crippen LogP contribution is 2.60. The average molecular weight is 265 g/mol. The fourth-order valence-electron chi connectivity index (χ4n) is 4.20. The molecule has 3 N–H and O–H groups in total. The molecule has 18 heavy (non-hydrogen) atoms. The van der Waals surface area contributed by atoms with Crippen molar-refractivity contribution in [2.24, 2.45) is 23.0 Å². The SMILES string of the molecule is CCc1ccc(C(O)C2(CN)CC3CCC2C3)s1. The number of rotatable bonds is 4. The minimum absolute atomic E-state index is 0.0290. The van der Waals surface area contributed by atoms with Crippen LogP contribution in [0.3, 0.4) is 0 Å². The Kier molecular flexibility index (Phi) is 3.25. The van der Waals surface area contributed by atoms with Crippen molar-refractivity contribution in [1.82, 2.24) is 0 Å². The summed E-state index contributed by atoms with van der Waals surface area (Å²) in [6.45, 7) is 2.80. The lowest BCUT2D eigenvalue weighted by Crippen LogP contribution is -2.41. The first kappa shape index (κ1) is 12.6. The highest BCUT2D eigenvalue weighted by Gasteiger charge is 2.54. The van der Waals surface area contributed by atoms with Gasteiger partial charge in [-0.05, 0) is 49.7 Å². The van der Waals surface area contributed by atoms with Gasteiger partial charge in [0.1, 0.15) is 0 Å². The Morgan fingerprint density at radius 1 is 1.50 bits per heavy atom. The molecular weight excluding hydrogens is 242 g/mol. The quantitative estimate of drug-likeness (QED) is 0.878. The van der Waals surface area contributed by atoms with Crippen LogP contribution in [-0.2, 0) is 6.42 Å². The first-order chi connectivity index (χ1) is 8.69.